The van der Waals surface area contributed by atoms with Crippen molar-refractivity contribution in [2.75, 3.05) is 17.1 Å². The first-order chi connectivity index (χ1) is 19.5. The zero-order valence-corrected chi connectivity index (χ0v) is 24.2. The fourth-order valence-electron chi connectivity index (χ4n) is 5.01. The number of carbonyl (C=O) groups is 2. The average Bonchev–Trinajstić information content (AvgIpc) is 3.44. The molecule has 11 heteroatoms. The molecule has 0 bridgehead atoms. The van der Waals surface area contributed by atoms with E-state index in [1.807, 2.05) is 30.3 Å². The van der Waals surface area contributed by atoms with Gasteiger partial charge >= 0.3 is 0 Å². The second-order valence-corrected chi connectivity index (χ2v) is 12.6. The molecule has 218 valence electrons. The van der Waals surface area contributed by atoms with Crippen LogP contribution in [0.4, 0.5) is 14.5 Å². The summed E-state index contributed by atoms with van der Waals surface area (Å²) in [5.74, 6) is -3.45. The predicted octanol–water partition coefficient (Wildman–Crippen LogP) is 5.08. The van der Waals surface area contributed by atoms with E-state index in [1.54, 1.807) is 24.3 Å². The highest BCUT2D eigenvalue weighted by Crippen LogP contribution is 2.24. The Hall–Kier alpha value is -3.50. The van der Waals surface area contributed by atoms with E-state index < -0.39 is 40.2 Å². The van der Waals surface area contributed by atoms with Gasteiger partial charge in [-0.3, -0.25) is 13.9 Å². The summed E-state index contributed by atoms with van der Waals surface area (Å²) in [5, 5.41) is 3.51. The van der Waals surface area contributed by atoms with Crippen molar-refractivity contribution in [3.63, 3.8) is 0 Å². The van der Waals surface area contributed by atoms with Crippen molar-refractivity contribution in [3.8, 4) is 0 Å². The van der Waals surface area contributed by atoms with Gasteiger partial charge in [-0.05, 0) is 48.2 Å². The maximum atomic E-state index is 14.1. The highest BCUT2D eigenvalue weighted by atomic mass is 35.5. The number of rotatable bonds is 11. The molecule has 1 atom stereocenters. The van der Waals surface area contributed by atoms with Gasteiger partial charge in [0.15, 0.2) is 11.6 Å². The monoisotopic (exact) mass is 603 g/mol. The zero-order valence-electron chi connectivity index (χ0n) is 22.6. The molecule has 2 amide bonds. The van der Waals surface area contributed by atoms with Crippen molar-refractivity contribution < 1.29 is 26.8 Å². The molecular weight excluding hydrogens is 572 g/mol. The summed E-state index contributed by atoms with van der Waals surface area (Å²) >= 11 is 6.21. The highest BCUT2D eigenvalue weighted by molar-refractivity contribution is 7.92. The van der Waals surface area contributed by atoms with Crippen LogP contribution < -0.4 is 9.62 Å². The van der Waals surface area contributed by atoms with E-state index in [0.29, 0.717) is 14.9 Å². The summed E-state index contributed by atoms with van der Waals surface area (Å²) in [7, 11) is -4.10. The number of anilines is 1. The molecule has 1 aliphatic rings. The number of carbonyl (C=O) groups excluding carboxylic acids is 2. The van der Waals surface area contributed by atoms with E-state index >= 15 is 0 Å². The molecule has 0 aliphatic heterocycles. The van der Waals surface area contributed by atoms with Crippen molar-refractivity contribution in [1.29, 1.82) is 0 Å². The van der Waals surface area contributed by atoms with E-state index in [4.69, 9.17) is 11.6 Å². The Labute approximate surface area is 244 Å². The molecule has 0 aromatic heterocycles. The highest BCUT2D eigenvalue weighted by Gasteiger charge is 2.34. The van der Waals surface area contributed by atoms with E-state index in [1.165, 1.54) is 4.90 Å². The molecule has 0 heterocycles. The van der Waals surface area contributed by atoms with Crippen LogP contribution in [0.25, 0.3) is 0 Å². The van der Waals surface area contributed by atoms with Crippen LogP contribution in [0.5, 0.6) is 0 Å². The number of amides is 2. The molecule has 3 aromatic carbocycles. The van der Waals surface area contributed by atoms with Crippen molar-refractivity contribution >= 4 is 39.1 Å². The third kappa shape index (κ3) is 8.27. The number of nitrogens with zero attached hydrogens (tertiary/aromatic N) is 2. The summed E-state index contributed by atoms with van der Waals surface area (Å²) in [4.78, 5) is 29.1. The van der Waals surface area contributed by atoms with Crippen LogP contribution in [0, 0.1) is 11.6 Å². The van der Waals surface area contributed by atoms with Gasteiger partial charge in [-0.2, -0.15) is 0 Å². The summed E-state index contributed by atoms with van der Waals surface area (Å²) in [5.41, 5.74) is 1.23. The Bertz CT molecular complexity index is 1480. The van der Waals surface area contributed by atoms with Gasteiger partial charge in [0.2, 0.25) is 21.8 Å². The van der Waals surface area contributed by atoms with Crippen molar-refractivity contribution in [1.82, 2.24) is 10.2 Å². The lowest BCUT2D eigenvalue weighted by Gasteiger charge is -2.34. The molecule has 1 aliphatic carbocycles. The SMILES string of the molecule is CS(=O)(=O)N(CC(=O)N(Cc1cccc(Cl)c1)C(Cc1ccccc1)C(=O)NC1CCCC1)c1ccc(F)c(F)c1. The van der Waals surface area contributed by atoms with Gasteiger partial charge in [0.1, 0.15) is 12.6 Å². The maximum Gasteiger partial charge on any atom is 0.244 e. The van der Waals surface area contributed by atoms with E-state index in [2.05, 4.69) is 5.32 Å². The number of nitrogens with one attached hydrogen (secondary N) is 1. The van der Waals surface area contributed by atoms with Crippen LogP contribution in [0.3, 0.4) is 0 Å². The number of halogens is 3. The quantitative estimate of drug-likeness (QED) is 0.331. The Morgan fingerprint density at radius 3 is 2.27 bits per heavy atom. The van der Waals surface area contributed by atoms with Crippen LogP contribution in [0.15, 0.2) is 72.8 Å². The van der Waals surface area contributed by atoms with Crippen molar-refractivity contribution in [2.24, 2.45) is 0 Å². The Morgan fingerprint density at radius 2 is 1.63 bits per heavy atom. The summed E-state index contributed by atoms with van der Waals surface area (Å²) in [6.45, 7) is -0.767. The number of hydrogen-bond acceptors (Lipinski definition) is 4. The average molecular weight is 604 g/mol. The molecule has 7 nitrogen and oxygen atoms in total. The topological polar surface area (TPSA) is 86.8 Å². The van der Waals surface area contributed by atoms with Crippen LogP contribution in [-0.2, 0) is 32.6 Å². The van der Waals surface area contributed by atoms with E-state index in [9.17, 15) is 26.8 Å². The largest absolute Gasteiger partial charge is 0.352 e. The summed E-state index contributed by atoms with van der Waals surface area (Å²) < 4.78 is 53.9. The van der Waals surface area contributed by atoms with Crippen LogP contribution in [0.1, 0.15) is 36.8 Å². The van der Waals surface area contributed by atoms with E-state index in [0.717, 1.165) is 55.7 Å². The molecular formula is C30H32ClF2N3O4S. The second kappa shape index (κ2) is 13.4. The Balaban J connectivity index is 1.73. The van der Waals surface area contributed by atoms with Crippen LogP contribution >= 0.6 is 11.6 Å². The first-order valence-electron chi connectivity index (χ1n) is 13.3. The minimum absolute atomic E-state index is 0.0152. The minimum atomic E-state index is -4.10. The Kier molecular flexibility index (Phi) is 9.99. The fourth-order valence-corrected chi connectivity index (χ4v) is 6.06. The fraction of sp³-hybridized carbons (Fsp3) is 0.333. The number of hydrogen-bond donors (Lipinski definition) is 1. The molecule has 0 saturated heterocycles. The zero-order chi connectivity index (χ0) is 29.6. The van der Waals surface area contributed by atoms with Gasteiger partial charge in [0.05, 0.1) is 11.9 Å². The molecule has 41 heavy (non-hydrogen) atoms. The first kappa shape index (κ1) is 30.5. The smallest absolute Gasteiger partial charge is 0.244 e. The van der Waals surface area contributed by atoms with Gasteiger partial charge in [-0.1, -0.05) is 66.9 Å². The normalized spacial score (nSPS) is 14.4. The van der Waals surface area contributed by atoms with Gasteiger partial charge in [0, 0.05) is 30.1 Å². The predicted molar refractivity (Wildman–Crippen MR) is 155 cm³/mol. The third-order valence-corrected chi connectivity index (χ3v) is 8.46. The molecule has 0 spiro atoms. The number of sulfonamides is 1. The lowest BCUT2D eigenvalue weighted by molar-refractivity contribution is -0.140. The summed E-state index contributed by atoms with van der Waals surface area (Å²) in [6, 6.07) is 17.6. The van der Waals surface area contributed by atoms with E-state index in [-0.39, 0.29) is 30.6 Å². The lowest BCUT2D eigenvalue weighted by atomic mass is 10.0. The molecule has 0 radical (unpaired) electrons. The van der Waals surface area contributed by atoms with Gasteiger partial charge < -0.3 is 10.2 Å². The molecule has 1 fully saturated rings. The van der Waals surface area contributed by atoms with Crippen LogP contribution in [-0.4, -0.2) is 50.0 Å². The first-order valence-corrected chi connectivity index (χ1v) is 15.5. The van der Waals surface area contributed by atoms with Crippen molar-refractivity contribution in [2.45, 2.75) is 50.7 Å². The van der Waals surface area contributed by atoms with Crippen molar-refractivity contribution in [3.05, 3.63) is 101 Å². The molecule has 3 aromatic rings. The number of benzene rings is 3. The van der Waals surface area contributed by atoms with Gasteiger partial charge in [0.25, 0.3) is 0 Å². The minimum Gasteiger partial charge on any atom is -0.352 e. The van der Waals surface area contributed by atoms with Crippen LogP contribution in [0.2, 0.25) is 5.02 Å². The molecule has 4 rings (SSSR count). The Morgan fingerprint density at radius 1 is 0.951 bits per heavy atom. The van der Waals surface area contributed by atoms with Gasteiger partial charge in [-0.25, -0.2) is 17.2 Å². The lowest BCUT2D eigenvalue weighted by Crippen LogP contribution is -2.54. The third-order valence-electron chi connectivity index (χ3n) is 7.08. The van der Waals surface area contributed by atoms with Gasteiger partial charge in [-0.15, -0.1) is 0 Å². The maximum absolute atomic E-state index is 14.1. The molecule has 1 unspecified atom stereocenters. The molecule has 1 N–H and O–H groups in total. The second-order valence-electron chi connectivity index (χ2n) is 10.2. The summed E-state index contributed by atoms with van der Waals surface area (Å²) in [6.07, 6.45) is 4.72. The molecule has 1 saturated carbocycles. The standard InChI is InChI=1S/C30H32ClF2N3O4S/c1-41(39,40)36(25-14-15-26(32)27(33)18-25)20-29(37)35(19-22-10-7-11-23(31)16-22)28(17-21-8-3-2-4-9-21)30(38)34-24-12-5-6-13-24/h2-4,7-11,14-16,18,24,28H,5-6,12-13,17,19-20H2,1H3,(H,34,38).